The fourth-order valence-corrected chi connectivity index (χ4v) is 3.20. The lowest BCUT2D eigenvalue weighted by Gasteiger charge is -2.33. The molecular formula is C18H35N2O+. The molecule has 122 valence electrons. The van der Waals surface area contributed by atoms with Crippen molar-refractivity contribution in [2.45, 2.75) is 65.2 Å². The van der Waals surface area contributed by atoms with Gasteiger partial charge < -0.3 is 5.11 Å². The summed E-state index contributed by atoms with van der Waals surface area (Å²) in [5.41, 5.74) is 0. The van der Waals surface area contributed by atoms with Crippen LogP contribution in [-0.4, -0.2) is 48.2 Å². The number of unbranched alkanes of at least 4 members (excludes halogenated alkanes) is 5. The number of aliphatic hydroxyl groups is 1. The highest BCUT2D eigenvalue weighted by atomic mass is 16.3. The van der Waals surface area contributed by atoms with Gasteiger partial charge in [-0.3, -0.25) is 4.48 Å². The summed E-state index contributed by atoms with van der Waals surface area (Å²) in [4.78, 5) is 4.71. The molecule has 0 bridgehead atoms. The molecule has 0 radical (unpaired) electrons. The van der Waals surface area contributed by atoms with Crippen LogP contribution in [0.1, 0.15) is 65.2 Å². The third kappa shape index (κ3) is 6.31. The Bertz CT molecular complexity index is 325. The minimum atomic E-state index is 0.275. The van der Waals surface area contributed by atoms with Crippen molar-refractivity contribution in [3.8, 4) is 0 Å². The maximum Gasteiger partial charge on any atom is 0.198 e. The Hall–Kier alpha value is -0.670. The fraction of sp³-hybridized carbons (Fsp3) is 0.833. The number of aliphatic imine (C=N–C) groups is 1. The molecule has 0 fully saturated rings. The molecule has 1 rings (SSSR count). The van der Waals surface area contributed by atoms with E-state index >= 15 is 0 Å². The Kier molecular flexibility index (Phi) is 9.60. The van der Waals surface area contributed by atoms with E-state index in [0.29, 0.717) is 0 Å². The Balaban J connectivity index is 2.14. The van der Waals surface area contributed by atoms with Gasteiger partial charge in [-0.1, -0.05) is 38.3 Å². The van der Waals surface area contributed by atoms with Gasteiger partial charge in [-0.25, -0.2) is 4.99 Å². The molecule has 21 heavy (non-hydrogen) atoms. The van der Waals surface area contributed by atoms with Gasteiger partial charge in [0.05, 0.1) is 19.7 Å². The molecule has 0 spiro atoms. The predicted octanol–water partition coefficient (Wildman–Crippen LogP) is 3.92. The molecule has 0 aromatic heterocycles. The average molecular weight is 295 g/mol. The van der Waals surface area contributed by atoms with E-state index in [2.05, 4.69) is 26.0 Å². The highest BCUT2D eigenvalue weighted by molar-refractivity contribution is 5.76. The normalized spacial score (nSPS) is 22.1. The van der Waals surface area contributed by atoms with Crippen molar-refractivity contribution in [3.05, 3.63) is 12.2 Å². The zero-order valence-corrected chi connectivity index (χ0v) is 14.2. The van der Waals surface area contributed by atoms with Crippen LogP contribution in [0.2, 0.25) is 0 Å². The second-order valence-electron chi connectivity index (χ2n) is 6.14. The van der Waals surface area contributed by atoms with Gasteiger partial charge in [-0.2, -0.15) is 0 Å². The maximum atomic E-state index is 9.29. The average Bonchev–Trinajstić information content (AvgIpc) is 2.89. The monoisotopic (exact) mass is 295 g/mol. The molecule has 0 saturated heterocycles. The molecule has 0 saturated carbocycles. The first-order valence-electron chi connectivity index (χ1n) is 8.95. The Labute approximate surface area is 131 Å². The van der Waals surface area contributed by atoms with Gasteiger partial charge in [0.1, 0.15) is 13.1 Å². The summed E-state index contributed by atoms with van der Waals surface area (Å²) < 4.78 is 0.941. The van der Waals surface area contributed by atoms with Gasteiger partial charge >= 0.3 is 0 Å². The minimum absolute atomic E-state index is 0.275. The first-order chi connectivity index (χ1) is 10.3. The standard InChI is InChI=1S/C18H35N2O/c1-3-5-6-7-8-9-10-11-12-13-18-19-14-15-20(18,4-2)16-17-21/h6-7,21H,3-5,8-17H2,1-2H3/q+1/b7-6+. The molecule has 1 atom stereocenters. The lowest BCUT2D eigenvalue weighted by Crippen LogP contribution is -2.52. The number of quaternary nitrogens is 1. The number of amidine groups is 1. The topological polar surface area (TPSA) is 32.6 Å². The zero-order chi connectivity index (χ0) is 15.4. The van der Waals surface area contributed by atoms with Gasteiger partial charge in [0, 0.05) is 6.42 Å². The highest BCUT2D eigenvalue weighted by Crippen LogP contribution is 2.19. The van der Waals surface area contributed by atoms with Crippen LogP contribution < -0.4 is 0 Å². The Morgan fingerprint density at radius 3 is 2.57 bits per heavy atom. The van der Waals surface area contributed by atoms with Crippen molar-refractivity contribution in [1.82, 2.24) is 0 Å². The maximum absolute atomic E-state index is 9.29. The molecule has 1 unspecified atom stereocenters. The number of nitrogens with zero attached hydrogens (tertiary/aromatic N) is 2. The quantitative estimate of drug-likeness (QED) is 0.330. The molecule has 3 heteroatoms. The second kappa shape index (κ2) is 11.0. The van der Waals surface area contributed by atoms with Crippen molar-refractivity contribution in [1.29, 1.82) is 0 Å². The van der Waals surface area contributed by atoms with Crippen LogP contribution in [0.15, 0.2) is 17.1 Å². The van der Waals surface area contributed by atoms with Crippen molar-refractivity contribution in [2.75, 3.05) is 32.8 Å². The van der Waals surface area contributed by atoms with Gasteiger partial charge in [0.15, 0.2) is 5.84 Å². The number of allylic oxidation sites excluding steroid dienone is 2. The van der Waals surface area contributed by atoms with E-state index < -0.39 is 0 Å². The smallest absolute Gasteiger partial charge is 0.198 e. The van der Waals surface area contributed by atoms with E-state index in [1.165, 1.54) is 50.8 Å². The summed E-state index contributed by atoms with van der Waals surface area (Å²) in [6.45, 7) is 8.68. The van der Waals surface area contributed by atoms with Crippen LogP contribution in [0.5, 0.6) is 0 Å². The lowest BCUT2D eigenvalue weighted by atomic mass is 10.1. The Morgan fingerprint density at radius 2 is 1.86 bits per heavy atom. The summed E-state index contributed by atoms with van der Waals surface area (Å²) in [5.74, 6) is 1.34. The number of rotatable bonds is 12. The predicted molar refractivity (Wildman–Crippen MR) is 91.7 cm³/mol. The zero-order valence-electron chi connectivity index (χ0n) is 14.2. The van der Waals surface area contributed by atoms with Crippen molar-refractivity contribution < 1.29 is 9.59 Å². The number of hydrogen-bond donors (Lipinski definition) is 1. The largest absolute Gasteiger partial charge is 0.390 e. The van der Waals surface area contributed by atoms with Crippen LogP contribution in [0.4, 0.5) is 0 Å². The highest BCUT2D eigenvalue weighted by Gasteiger charge is 2.35. The summed E-state index contributed by atoms with van der Waals surface area (Å²) in [6.07, 6.45) is 14.7. The molecule has 1 aliphatic heterocycles. The van der Waals surface area contributed by atoms with Crippen LogP contribution in [0.3, 0.4) is 0 Å². The SMILES string of the molecule is CCC/C=C/CCCCCCC1=NCC[N+]1(CC)CCO. The van der Waals surface area contributed by atoms with Gasteiger partial charge in [-0.15, -0.1) is 0 Å². The van der Waals surface area contributed by atoms with Gasteiger partial charge in [0.25, 0.3) is 0 Å². The molecule has 0 aromatic carbocycles. The van der Waals surface area contributed by atoms with Gasteiger partial charge in [-0.05, 0) is 32.6 Å². The number of hydrogen-bond acceptors (Lipinski definition) is 2. The van der Waals surface area contributed by atoms with E-state index in [4.69, 9.17) is 4.99 Å². The van der Waals surface area contributed by atoms with E-state index in [1.807, 2.05) is 0 Å². The first kappa shape index (κ1) is 18.4. The molecule has 0 amide bonds. The summed E-state index contributed by atoms with van der Waals surface area (Å²) in [7, 11) is 0. The van der Waals surface area contributed by atoms with Crippen LogP contribution in [-0.2, 0) is 0 Å². The first-order valence-corrected chi connectivity index (χ1v) is 8.95. The summed E-state index contributed by atoms with van der Waals surface area (Å²) in [6, 6.07) is 0. The fourth-order valence-electron chi connectivity index (χ4n) is 3.20. The number of aliphatic hydroxyl groups excluding tert-OH is 1. The molecule has 1 N–H and O–H groups in total. The molecule has 1 aliphatic rings. The van der Waals surface area contributed by atoms with E-state index in [-0.39, 0.29) is 6.61 Å². The molecule has 1 heterocycles. The third-order valence-corrected chi connectivity index (χ3v) is 4.65. The van der Waals surface area contributed by atoms with Crippen LogP contribution in [0.25, 0.3) is 0 Å². The lowest BCUT2D eigenvalue weighted by molar-refractivity contribution is -0.835. The van der Waals surface area contributed by atoms with Crippen molar-refractivity contribution in [3.63, 3.8) is 0 Å². The van der Waals surface area contributed by atoms with Crippen LogP contribution in [0, 0.1) is 0 Å². The molecule has 3 nitrogen and oxygen atoms in total. The van der Waals surface area contributed by atoms with E-state index in [9.17, 15) is 5.11 Å². The summed E-state index contributed by atoms with van der Waals surface area (Å²) >= 11 is 0. The van der Waals surface area contributed by atoms with E-state index in [0.717, 1.165) is 37.1 Å². The van der Waals surface area contributed by atoms with Crippen molar-refractivity contribution >= 4 is 5.84 Å². The van der Waals surface area contributed by atoms with Crippen molar-refractivity contribution in [2.24, 2.45) is 4.99 Å². The molecule has 0 aromatic rings. The van der Waals surface area contributed by atoms with Crippen LogP contribution >= 0.6 is 0 Å². The molecular weight excluding hydrogens is 260 g/mol. The molecule has 0 aliphatic carbocycles. The number of likely N-dealkylation sites (N-methyl/N-ethyl adjacent to an activating group) is 1. The van der Waals surface area contributed by atoms with E-state index in [1.54, 1.807) is 0 Å². The Morgan fingerprint density at radius 1 is 1.10 bits per heavy atom. The third-order valence-electron chi connectivity index (χ3n) is 4.65. The minimum Gasteiger partial charge on any atom is -0.390 e. The summed E-state index contributed by atoms with van der Waals surface area (Å²) in [5, 5.41) is 9.29. The second-order valence-corrected chi connectivity index (χ2v) is 6.14. The van der Waals surface area contributed by atoms with Gasteiger partial charge in [0.2, 0.25) is 0 Å².